The first kappa shape index (κ1) is 21.3. The van der Waals surface area contributed by atoms with E-state index >= 15 is 0 Å². The van der Waals surface area contributed by atoms with E-state index in [4.69, 9.17) is 0 Å². The normalized spacial score (nSPS) is 11.9. The molecule has 2 aromatic rings. The molecule has 0 aliphatic carbocycles. The maximum absolute atomic E-state index is 12.6. The van der Waals surface area contributed by atoms with Crippen LogP contribution in [-0.4, -0.2) is 37.9 Å². The van der Waals surface area contributed by atoms with Crippen LogP contribution in [-0.2, 0) is 19.3 Å². The zero-order chi connectivity index (χ0) is 20.7. The number of alkyl halides is 3. The monoisotopic (exact) mass is 392 g/mol. The fourth-order valence-corrected chi connectivity index (χ4v) is 2.43. The number of aliphatic imine (C=N–C) groups is 1. The summed E-state index contributed by atoms with van der Waals surface area (Å²) in [6.07, 6.45) is -4.34. The third kappa shape index (κ3) is 6.00. The molecule has 2 rings (SSSR count). The van der Waals surface area contributed by atoms with Crippen molar-refractivity contribution in [3.8, 4) is 0 Å². The van der Waals surface area contributed by atoms with Crippen molar-refractivity contribution in [1.82, 2.24) is 15.5 Å². The average Bonchev–Trinajstić information content (AvgIpc) is 2.67. The number of carbonyl (C=O) groups excluding carboxylic acids is 1. The SMILES string of the molecule is CN=C(NCc1ccc(C(=O)N(C)C)cc1)NCc1ccc(C(F)(F)F)cc1. The van der Waals surface area contributed by atoms with E-state index in [-0.39, 0.29) is 5.91 Å². The van der Waals surface area contributed by atoms with Crippen molar-refractivity contribution in [3.63, 3.8) is 0 Å². The molecule has 5 nitrogen and oxygen atoms in total. The quantitative estimate of drug-likeness (QED) is 0.607. The molecule has 1 amide bonds. The molecule has 2 N–H and O–H groups in total. The Hall–Kier alpha value is -3.03. The van der Waals surface area contributed by atoms with Crippen LogP contribution in [0.1, 0.15) is 27.0 Å². The molecule has 0 unspecified atom stereocenters. The molecule has 0 heterocycles. The summed E-state index contributed by atoms with van der Waals surface area (Å²) in [5.41, 5.74) is 1.61. The molecule has 0 saturated heterocycles. The summed E-state index contributed by atoms with van der Waals surface area (Å²) in [4.78, 5) is 17.5. The number of nitrogens with zero attached hydrogens (tertiary/aromatic N) is 2. The molecule has 0 aliphatic heterocycles. The van der Waals surface area contributed by atoms with Gasteiger partial charge in [-0.15, -0.1) is 0 Å². The lowest BCUT2D eigenvalue weighted by molar-refractivity contribution is -0.137. The lowest BCUT2D eigenvalue weighted by atomic mass is 10.1. The number of nitrogens with one attached hydrogen (secondary N) is 2. The summed E-state index contributed by atoms with van der Waals surface area (Å²) < 4.78 is 37.8. The Kier molecular flexibility index (Phi) is 7.03. The molecule has 2 aromatic carbocycles. The van der Waals surface area contributed by atoms with Crippen LogP contribution in [0, 0.1) is 0 Å². The Morgan fingerprint density at radius 2 is 1.39 bits per heavy atom. The van der Waals surface area contributed by atoms with Crippen molar-refractivity contribution in [2.75, 3.05) is 21.1 Å². The first-order chi connectivity index (χ1) is 13.2. The van der Waals surface area contributed by atoms with Crippen molar-refractivity contribution in [2.24, 2.45) is 4.99 Å². The van der Waals surface area contributed by atoms with Gasteiger partial charge in [-0.3, -0.25) is 9.79 Å². The number of hydrogen-bond donors (Lipinski definition) is 2. The van der Waals surface area contributed by atoms with Gasteiger partial charge in [0, 0.05) is 39.8 Å². The van der Waals surface area contributed by atoms with Crippen LogP contribution in [0.15, 0.2) is 53.5 Å². The first-order valence-corrected chi connectivity index (χ1v) is 8.62. The second-order valence-electron chi connectivity index (χ2n) is 6.37. The van der Waals surface area contributed by atoms with E-state index < -0.39 is 11.7 Å². The van der Waals surface area contributed by atoms with Gasteiger partial charge < -0.3 is 15.5 Å². The van der Waals surface area contributed by atoms with Gasteiger partial charge in [0.15, 0.2) is 5.96 Å². The Labute approximate surface area is 162 Å². The van der Waals surface area contributed by atoms with Crippen molar-refractivity contribution >= 4 is 11.9 Å². The molecule has 0 aromatic heterocycles. The zero-order valence-corrected chi connectivity index (χ0v) is 16.0. The highest BCUT2D eigenvalue weighted by atomic mass is 19.4. The van der Waals surface area contributed by atoms with Crippen LogP contribution >= 0.6 is 0 Å². The van der Waals surface area contributed by atoms with E-state index in [9.17, 15) is 18.0 Å². The van der Waals surface area contributed by atoms with Crippen LogP contribution in [0.2, 0.25) is 0 Å². The highest BCUT2D eigenvalue weighted by molar-refractivity contribution is 5.93. The van der Waals surface area contributed by atoms with Gasteiger partial charge in [-0.1, -0.05) is 24.3 Å². The van der Waals surface area contributed by atoms with Gasteiger partial charge in [0.2, 0.25) is 0 Å². The summed E-state index contributed by atoms with van der Waals surface area (Å²) in [7, 11) is 5.01. The molecule has 0 fully saturated rings. The third-order valence-electron chi connectivity index (χ3n) is 4.03. The Balaban J connectivity index is 1.87. The number of amides is 1. The van der Waals surface area contributed by atoms with Crippen LogP contribution in [0.4, 0.5) is 13.2 Å². The smallest absolute Gasteiger partial charge is 0.352 e. The van der Waals surface area contributed by atoms with E-state index in [1.54, 1.807) is 33.3 Å². The molecular weight excluding hydrogens is 369 g/mol. The average molecular weight is 392 g/mol. The number of rotatable bonds is 5. The van der Waals surface area contributed by atoms with Crippen LogP contribution in [0.3, 0.4) is 0 Å². The highest BCUT2D eigenvalue weighted by Gasteiger charge is 2.29. The van der Waals surface area contributed by atoms with E-state index in [2.05, 4.69) is 15.6 Å². The van der Waals surface area contributed by atoms with Gasteiger partial charge in [0.1, 0.15) is 0 Å². The highest BCUT2D eigenvalue weighted by Crippen LogP contribution is 2.29. The summed E-state index contributed by atoms with van der Waals surface area (Å²) in [5.74, 6) is 0.460. The van der Waals surface area contributed by atoms with Gasteiger partial charge in [0.05, 0.1) is 5.56 Å². The second kappa shape index (κ2) is 9.25. The molecule has 0 atom stereocenters. The molecule has 150 valence electrons. The molecule has 28 heavy (non-hydrogen) atoms. The minimum atomic E-state index is -4.34. The molecule has 0 spiro atoms. The zero-order valence-electron chi connectivity index (χ0n) is 16.0. The lowest BCUT2D eigenvalue weighted by Crippen LogP contribution is -2.36. The maximum atomic E-state index is 12.6. The maximum Gasteiger partial charge on any atom is 0.416 e. The first-order valence-electron chi connectivity index (χ1n) is 8.62. The Bertz CT molecular complexity index is 813. The minimum Gasteiger partial charge on any atom is -0.352 e. The summed E-state index contributed by atoms with van der Waals surface area (Å²) in [6.45, 7) is 0.831. The fraction of sp³-hybridized carbons (Fsp3) is 0.300. The number of benzene rings is 2. The van der Waals surface area contributed by atoms with Gasteiger partial charge in [-0.25, -0.2) is 0 Å². The van der Waals surface area contributed by atoms with Gasteiger partial charge in [0.25, 0.3) is 5.91 Å². The standard InChI is InChI=1S/C20H23F3N4O/c1-24-19(26-13-15-6-10-17(11-7-15)20(21,22)23)25-12-14-4-8-16(9-5-14)18(28)27(2)3/h4-11H,12-13H2,1-3H3,(H2,24,25,26). The molecule has 0 radical (unpaired) electrons. The van der Waals surface area contributed by atoms with E-state index in [0.717, 1.165) is 17.7 Å². The lowest BCUT2D eigenvalue weighted by Gasteiger charge is -2.13. The van der Waals surface area contributed by atoms with E-state index in [1.165, 1.54) is 17.0 Å². The molecular formula is C20H23F3N4O. The third-order valence-corrected chi connectivity index (χ3v) is 4.03. The topological polar surface area (TPSA) is 56.7 Å². The number of hydrogen-bond acceptors (Lipinski definition) is 2. The van der Waals surface area contributed by atoms with E-state index in [0.29, 0.717) is 30.2 Å². The van der Waals surface area contributed by atoms with Gasteiger partial charge in [-0.2, -0.15) is 13.2 Å². The Morgan fingerprint density at radius 1 is 0.929 bits per heavy atom. The van der Waals surface area contributed by atoms with Crippen LogP contribution in [0.25, 0.3) is 0 Å². The van der Waals surface area contributed by atoms with E-state index in [1.807, 2.05) is 12.1 Å². The summed E-state index contributed by atoms with van der Waals surface area (Å²) in [6, 6.07) is 12.2. The van der Waals surface area contributed by atoms with Crippen molar-refractivity contribution in [1.29, 1.82) is 0 Å². The van der Waals surface area contributed by atoms with Crippen LogP contribution < -0.4 is 10.6 Å². The summed E-state index contributed by atoms with van der Waals surface area (Å²) >= 11 is 0. The number of carbonyl (C=O) groups is 1. The minimum absolute atomic E-state index is 0.0615. The molecule has 0 bridgehead atoms. The summed E-state index contributed by atoms with van der Waals surface area (Å²) in [5, 5.41) is 6.18. The number of guanidine groups is 1. The predicted octanol–water partition coefficient (Wildman–Crippen LogP) is 3.27. The molecule has 0 aliphatic rings. The molecule has 0 saturated carbocycles. The second-order valence-corrected chi connectivity index (χ2v) is 6.37. The van der Waals surface area contributed by atoms with Crippen LogP contribution in [0.5, 0.6) is 0 Å². The van der Waals surface area contributed by atoms with Crippen molar-refractivity contribution < 1.29 is 18.0 Å². The fourth-order valence-electron chi connectivity index (χ4n) is 2.43. The predicted molar refractivity (Wildman–Crippen MR) is 103 cm³/mol. The Morgan fingerprint density at radius 3 is 1.79 bits per heavy atom. The van der Waals surface area contributed by atoms with Gasteiger partial charge >= 0.3 is 6.18 Å². The van der Waals surface area contributed by atoms with Crippen molar-refractivity contribution in [2.45, 2.75) is 19.3 Å². The van der Waals surface area contributed by atoms with Crippen molar-refractivity contribution in [3.05, 3.63) is 70.8 Å². The van der Waals surface area contributed by atoms with Gasteiger partial charge in [-0.05, 0) is 35.4 Å². The largest absolute Gasteiger partial charge is 0.416 e. The number of halogens is 3. The molecule has 8 heteroatoms.